The molecule has 1 aliphatic rings. The molecule has 1 fully saturated rings. The fraction of sp³-hybridized carbons (Fsp3) is 0.857. The molecule has 0 bridgehead atoms. The highest BCUT2D eigenvalue weighted by atomic mass is 32.2. The molecule has 3 N–H and O–H groups in total. The second-order valence-electron chi connectivity index (χ2n) is 3.13. The van der Waals surface area contributed by atoms with Gasteiger partial charge in [-0.15, -0.1) is 0 Å². The van der Waals surface area contributed by atoms with Crippen molar-refractivity contribution in [2.45, 2.75) is 19.8 Å². The van der Waals surface area contributed by atoms with Crippen LogP contribution in [0.5, 0.6) is 0 Å². The second kappa shape index (κ2) is 4.69. The highest BCUT2D eigenvalue weighted by Gasteiger charge is 2.18. The number of hydrogen-bond acceptors (Lipinski definition) is 4. The largest absolute Gasteiger partial charge is 0.308 e. The lowest BCUT2D eigenvalue weighted by Gasteiger charge is -2.27. The molecule has 0 aromatic carbocycles. The summed E-state index contributed by atoms with van der Waals surface area (Å²) in [6, 6.07) is 0. The first-order valence-corrected chi connectivity index (χ1v) is 4.93. The van der Waals surface area contributed by atoms with Gasteiger partial charge in [-0.1, -0.05) is 6.92 Å². The Morgan fingerprint density at radius 1 is 1.58 bits per heavy atom. The fourth-order valence-electron chi connectivity index (χ4n) is 1.22. The van der Waals surface area contributed by atoms with Crippen LogP contribution in [0.1, 0.15) is 19.8 Å². The number of rotatable bonds is 1. The van der Waals surface area contributed by atoms with Crippen molar-refractivity contribution in [3.8, 4) is 0 Å². The Labute approximate surface area is 77.0 Å². The summed E-state index contributed by atoms with van der Waals surface area (Å²) in [7, 11) is 0. The molecule has 1 heterocycles. The zero-order chi connectivity index (χ0) is 8.97. The molecule has 0 saturated carbocycles. The summed E-state index contributed by atoms with van der Waals surface area (Å²) in [5, 5.41) is -0.176. The molecule has 4 nitrogen and oxygen atoms in total. The van der Waals surface area contributed by atoms with E-state index in [9.17, 15) is 4.79 Å². The van der Waals surface area contributed by atoms with Gasteiger partial charge in [-0.25, -0.2) is 10.1 Å². The van der Waals surface area contributed by atoms with Gasteiger partial charge < -0.3 is 0 Å². The van der Waals surface area contributed by atoms with Crippen LogP contribution < -0.4 is 11.3 Å². The van der Waals surface area contributed by atoms with E-state index in [1.165, 1.54) is 24.8 Å². The van der Waals surface area contributed by atoms with Crippen molar-refractivity contribution >= 4 is 17.2 Å². The Bertz CT molecular complexity index is 157. The smallest absolute Gasteiger partial charge is 0.284 e. The van der Waals surface area contributed by atoms with E-state index in [-0.39, 0.29) is 5.24 Å². The van der Waals surface area contributed by atoms with Gasteiger partial charge in [0, 0.05) is 25.0 Å². The van der Waals surface area contributed by atoms with Gasteiger partial charge in [-0.3, -0.25) is 10.2 Å². The summed E-state index contributed by atoms with van der Waals surface area (Å²) in [6.45, 7) is 4.21. The van der Waals surface area contributed by atoms with Crippen LogP contribution in [0.2, 0.25) is 0 Å². The minimum absolute atomic E-state index is 0.176. The predicted molar refractivity (Wildman–Crippen MR) is 50.3 cm³/mol. The number of carbonyl (C=O) groups excluding carboxylic acids is 1. The van der Waals surface area contributed by atoms with E-state index in [1.54, 1.807) is 0 Å². The number of hydrazine groups is 1. The number of nitrogens with one attached hydrogen (secondary N) is 1. The molecule has 0 aromatic heterocycles. The summed E-state index contributed by atoms with van der Waals surface area (Å²) in [6.07, 6.45) is 2.34. The molecular weight excluding hydrogens is 174 g/mol. The first-order chi connectivity index (χ1) is 5.72. The molecule has 0 unspecified atom stereocenters. The van der Waals surface area contributed by atoms with Crippen LogP contribution in [-0.2, 0) is 0 Å². The monoisotopic (exact) mass is 189 g/mol. The van der Waals surface area contributed by atoms with E-state index in [0.29, 0.717) is 0 Å². The quantitative estimate of drug-likeness (QED) is 0.279. The molecule has 0 aromatic rings. The molecule has 0 radical (unpaired) electrons. The lowest BCUT2D eigenvalue weighted by atomic mass is 10.0. The van der Waals surface area contributed by atoms with Crippen molar-refractivity contribution in [2.24, 2.45) is 11.8 Å². The van der Waals surface area contributed by atoms with Crippen LogP contribution in [0.15, 0.2) is 0 Å². The fourth-order valence-corrected chi connectivity index (χ4v) is 1.90. The molecule has 1 rings (SSSR count). The Hall–Kier alpha value is -0.260. The molecular formula is C7H15N3OS. The minimum atomic E-state index is -0.176. The molecule has 70 valence electrons. The minimum Gasteiger partial charge on any atom is -0.284 e. The number of hydrogen-bond donors (Lipinski definition) is 2. The molecule has 5 heteroatoms. The second-order valence-corrected chi connectivity index (χ2v) is 4.20. The van der Waals surface area contributed by atoms with Gasteiger partial charge in [0.05, 0.1) is 0 Å². The van der Waals surface area contributed by atoms with Gasteiger partial charge >= 0.3 is 5.24 Å². The van der Waals surface area contributed by atoms with E-state index in [4.69, 9.17) is 5.84 Å². The molecule has 0 atom stereocenters. The van der Waals surface area contributed by atoms with Gasteiger partial charge in [0.15, 0.2) is 0 Å². The summed E-state index contributed by atoms with van der Waals surface area (Å²) in [4.78, 5) is 10.8. The first kappa shape index (κ1) is 9.83. The number of amides is 1. The maximum Gasteiger partial charge on any atom is 0.308 e. The zero-order valence-corrected chi connectivity index (χ0v) is 8.06. The Morgan fingerprint density at radius 3 is 2.67 bits per heavy atom. The van der Waals surface area contributed by atoms with E-state index in [1.807, 2.05) is 0 Å². The van der Waals surface area contributed by atoms with Gasteiger partial charge in [-0.2, -0.15) is 0 Å². The average molecular weight is 189 g/mol. The zero-order valence-electron chi connectivity index (χ0n) is 7.25. The van der Waals surface area contributed by atoms with Gasteiger partial charge in [0.1, 0.15) is 0 Å². The van der Waals surface area contributed by atoms with Gasteiger partial charge in [-0.05, 0) is 18.8 Å². The summed E-state index contributed by atoms with van der Waals surface area (Å²) in [5.41, 5.74) is 2.11. The maximum atomic E-state index is 10.8. The van der Waals surface area contributed by atoms with Crippen LogP contribution in [0, 0.1) is 5.92 Å². The van der Waals surface area contributed by atoms with Crippen LogP contribution in [0.3, 0.4) is 0 Å². The average Bonchev–Trinajstić information content (AvgIpc) is 2.09. The molecule has 1 amide bonds. The van der Waals surface area contributed by atoms with Gasteiger partial charge in [0.25, 0.3) is 0 Å². The Kier molecular flexibility index (Phi) is 3.84. The topological polar surface area (TPSA) is 58.4 Å². The predicted octanol–water partition coefficient (Wildman–Crippen LogP) is 0.950. The first-order valence-electron chi connectivity index (χ1n) is 4.16. The van der Waals surface area contributed by atoms with Crippen molar-refractivity contribution in [3.05, 3.63) is 0 Å². The molecule has 1 aliphatic heterocycles. The van der Waals surface area contributed by atoms with E-state index >= 15 is 0 Å². The van der Waals surface area contributed by atoms with Crippen molar-refractivity contribution in [2.75, 3.05) is 13.1 Å². The van der Waals surface area contributed by atoms with Crippen molar-refractivity contribution in [3.63, 3.8) is 0 Å². The van der Waals surface area contributed by atoms with Crippen LogP contribution in [0.25, 0.3) is 0 Å². The number of piperidine rings is 1. The lowest BCUT2D eigenvalue weighted by Crippen LogP contribution is -2.33. The van der Waals surface area contributed by atoms with E-state index < -0.39 is 0 Å². The van der Waals surface area contributed by atoms with E-state index in [0.717, 1.165) is 19.0 Å². The molecule has 1 saturated heterocycles. The van der Waals surface area contributed by atoms with Crippen molar-refractivity contribution in [1.82, 2.24) is 9.73 Å². The van der Waals surface area contributed by atoms with Crippen LogP contribution in [0.4, 0.5) is 4.79 Å². The maximum absolute atomic E-state index is 10.8. The van der Waals surface area contributed by atoms with Crippen LogP contribution in [-0.4, -0.2) is 22.6 Å². The number of carbonyl (C=O) groups is 1. The summed E-state index contributed by atoms with van der Waals surface area (Å²) < 4.78 is 2.06. The Morgan fingerprint density at radius 2 is 2.17 bits per heavy atom. The summed E-state index contributed by atoms with van der Waals surface area (Å²) >= 11 is 1.18. The highest BCUT2D eigenvalue weighted by molar-refractivity contribution is 8.11. The standard InChI is InChI=1S/C7H15N3OS/c1-6-2-4-10(5-3-6)12-7(11)9-8/h6H,2-5,8H2,1H3,(H,9,11). The van der Waals surface area contributed by atoms with Crippen molar-refractivity contribution in [1.29, 1.82) is 0 Å². The third kappa shape index (κ3) is 3.00. The van der Waals surface area contributed by atoms with Crippen molar-refractivity contribution < 1.29 is 4.79 Å². The van der Waals surface area contributed by atoms with Gasteiger partial charge in [0.2, 0.25) is 0 Å². The van der Waals surface area contributed by atoms with Crippen LogP contribution >= 0.6 is 11.9 Å². The summed E-state index contributed by atoms with van der Waals surface area (Å²) in [5.74, 6) is 5.76. The molecule has 12 heavy (non-hydrogen) atoms. The molecule has 0 spiro atoms. The SMILES string of the molecule is CC1CCN(SC(=O)NN)CC1. The lowest BCUT2D eigenvalue weighted by molar-refractivity contribution is 0.258. The third-order valence-corrected chi connectivity index (χ3v) is 2.98. The highest BCUT2D eigenvalue weighted by Crippen LogP contribution is 2.21. The molecule has 0 aliphatic carbocycles. The Balaban J connectivity index is 2.21. The normalized spacial score (nSPS) is 20.8. The number of nitrogens with zero attached hydrogens (tertiary/aromatic N) is 1. The third-order valence-electron chi connectivity index (χ3n) is 2.07. The van der Waals surface area contributed by atoms with E-state index in [2.05, 4.69) is 16.7 Å². The number of nitrogens with two attached hydrogens (primary N) is 1.